The molecule has 1 aliphatic rings. The smallest absolute Gasteiger partial charge is 0.191 e. The van der Waals surface area contributed by atoms with E-state index in [1.807, 2.05) is 0 Å². The summed E-state index contributed by atoms with van der Waals surface area (Å²) in [6.45, 7) is 4.79. The first-order valence-electron chi connectivity index (χ1n) is 5.70. The van der Waals surface area contributed by atoms with Crippen LogP contribution >= 0.6 is 0 Å². The van der Waals surface area contributed by atoms with Crippen LogP contribution in [-0.2, 0) is 6.54 Å². The van der Waals surface area contributed by atoms with Crippen molar-refractivity contribution in [2.75, 3.05) is 13.1 Å². The molecule has 5 nitrogen and oxygen atoms in total. The molecule has 0 atom stereocenters. The lowest BCUT2D eigenvalue weighted by molar-refractivity contribution is 0.277. The highest BCUT2D eigenvalue weighted by molar-refractivity contribution is 5.78. The zero-order valence-corrected chi connectivity index (χ0v) is 9.59. The van der Waals surface area contributed by atoms with E-state index >= 15 is 0 Å². The van der Waals surface area contributed by atoms with Crippen molar-refractivity contribution in [1.82, 2.24) is 10.1 Å². The van der Waals surface area contributed by atoms with Gasteiger partial charge < -0.3 is 15.2 Å². The van der Waals surface area contributed by atoms with Crippen LogP contribution in [0.15, 0.2) is 21.8 Å². The van der Waals surface area contributed by atoms with Crippen molar-refractivity contribution in [3.05, 3.63) is 18.0 Å². The number of aliphatic imine (C=N–C) groups is 1. The predicted molar refractivity (Wildman–Crippen MR) is 61.8 cm³/mol. The Morgan fingerprint density at radius 2 is 2.38 bits per heavy atom. The van der Waals surface area contributed by atoms with Crippen molar-refractivity contribution >= 4 is 5.96 Å². The summed E-state index contributed by atoms with van der Waals surface area (Å²) in [5, 5.41) is 3.79. The van der Waals surface area contributed by atoms with Crippen LogP contribution in [0.4, 0.5) is 0 Å². The second kappa shape index (κ2) is 5.01. The number of hydrogen-bond acceptors (Lipinski definition) is 3. The van der Waals surface area contributed by atoms with Gasteiger partial charge in [0.2, 0.25) is 0 Å². The third kappa shape index (κ3) is 2.74. The van der Waals surface area contributed by atoms with E-state index in [1.54, 1.807) is 12.3 Å². The Morgan fingerprint density at radius 1 is 1.62 bits per heavy atom. The average molecular weight is 222 g/mol. The van der Waals surface area contributed by atoms with Gasteiger partial charge in [0, 0.05) is 19.2 Å². The zero-order valence-electron chi connectivity index (χ0n) is 9.59. The molecule has 0 saturated carbocycles. The number of guanidine groups is 1. The van der Waals surface area contributed by atoms with Gasteiger partial charge in [0.25, 0.3) is 0 Å². The van der Waals surface area contributed by atoms with Crippen molar-refractivity contribution in [3.63, 3.8) is 0 Å². The molecule has 1 saturated heterocycles. The van der Waals surface area contributed by atoms with E-state index in [2.05, 4.69) is 22.0 Å². The third-order valence-electron chi connectivity index (χ3n) is 3.00. The molecule has 0 aliphatic carbocycles. The highest BCUT2D eigenvalue weighted by Gasteiger charge is 2.16. The second-order valence-corrected chi connectivity index (χ2v) is 4.33. The molecule has 1 aromatic heterocycles. The van der Waals surface area contributed by atoms with Gasteiger partial charge in [-0.3, -0.25) is 0 Å². The Bertz CT molecular complexity index is 339. The SMILES string of the molecule is CC1CCN(C(N)=NCc2ccon2)CC1. The van der Waals surface area contributed by atoms with Gasteiger partial charge in [0.1, 0.15) is 12.0 Å². The Labute approximate surface area is 95.3 Å². The lowest BCUT2D eigenvalue weighted by Crippen LogP contribution is -2.42. The maximum Gasteiger partial charge on any atom is 0.191 e. The first-order valence-corrected chi connectivity index (χ1v) is 5.70. The fraction of sp³-hybridized carbons (Fsp3) is 0.636. The Kier molecular flexibility index (Phi) is 3.44. The zero-order chi connectivity index (χ0) is 11.4. The Balaban J connectivity index is 1.86. The maximum absolute atomic E-state index is 5.93. The molecule has 5 heteroatoms. The van der Waals surface area contributed by atoms with Gasteiger partial charge in [-0.25, -0.2) is 4.99 Å². The minimum atomic E-state index is 0.494. The molecular weight excluding hydrogens is 204 g/mol. The van der Waals surface area contributed by atoms with E-state index in [4.69, 9.17) is 10.3 Å². The normalized spacial score (nSPS) is 19.1. The predicted octanol–water partition coefficient (Wildman–Crippen LogP) is 1.22. The molecule has 1 aromatic rings. The van der Waals surface area contributed by atoms with Crippen LogP contribution in [0.1, 0.15) is 25.5 Å². The van der Waals surface area contributed by atoms with E-state index < -0.39 is 0 Å². The minimum Gasteiger partial charge on any atom is -0.370 e. The molecule has 2 heterocycles. The summed E-state index contributed by atoms with van der Waals surface area (Å²) >= 11 is 0. The van der Waals surface area contributed by atoms with Crippen molar-refractivity contribution in [2.45, 2.75) is 26.3 Å². The molecule has 1 aliphatic heterocycles. The molecule has 0 unspecified atom stereocenters. The standard InChI is InChI=1S/C11H18N4O/c1-9-2-5-15(6-3-9)11(12)13-8-10-4-7-16-14-10/h4,7,9H,2-3,5-6,8H2,1H3,(H2,12,13). The summed E-state index contributed by atoms with van der Waals surface area (Å²) in [5.41, 5.74) is 6.74. The fourth-order valence-electron chi connectivity index (χ4n) is 1.82. The molecule has 0 bridgehead atoms. The number of nitrogens with two attached hydrogens (primary N) is 1. The lowest BCUT2D eigenvalue weighted by atomic mass is 10.00. The monoisotopic (exact) mass is 222 g/mol. The van der Waals surface area contributed by atoms with Crippen LogP contribution in [0, 0.1) is 5.92 Å². The van der Waals surface area contributed by atoms with Crippen LogP contribution in [0.25, 0.3) is 0 Å². The molecule has 16 heavy (non-hydrogen) atoms. The molecule has 1 fully saturated rings. The summed E-state index contributed by atoms with van der Waals surface area (Å²) in [5.74, 6) is 1.43. The van der Waals surface area contributed by atoms with Crippen LogP contribution in [0.2, 0.25) is 0 Å². The third-order valence-corrected chi connectivity index (χ3v) is 3.00. The second-order valence-electron chi connectivity index (χ2n) is 4.33. The number of likely N-dealkylation sites (tertiary alicyclic amines) is 1. The summed E-state index contributed by atoms with van der Waals surface area (Å²) in [4.78, 5) is 6.45. The van der Waals surface area contributed by atoms with Gasteiger partial charge >= 0.3 is 0 Å². The molecule has 0 amide bonds. The number of hydrogen-bond donors (Lipinski definition) is 1. The highest BCUT2D eigenvalue weighted by Crippen LogP contribution is 2.15. The summed E-state index contributed by atoms with van der Waals surface area (Å²) in [6, 6.07) is 1.80. The highest BCUT2D eigenvalue weighted by atomic mass is 16.5. The van der Waals surface area contributed by atoms with Crippen LogP contribution < -0.4 is 5.73 Å². The van der Waals surface area contributed by atoms with Gasteiger partial charge in [-0.15, -0.1) is 0 Å². The molecule has 0 aromatic carbocycles. The van der Waals surface area contributed by atoms with Crippen LogP contribution in [-0.4, -0.2) is 29.1 Å². The molecule has 0 radical (unpaired) electrons. The molecule has 2 rings (SSSR count). The van der Waals surface area contributed by atoms with Gasteiger partial charge in [-0.2, -0.15) is 0 Å². The maximum atomic E-state index is 5.93. The van der Waals surface area contributed by atoms with Crippen molar-refractivity contribution < 1.29 is 4.52 Å². The Hall–Kier alpha value is -1.52. The van der Waals surface area contributed by atoms with Gasteiger partial charge in [0.05, 0.1) is 6.54 Å². The molecule has 88 valence electrons. The first-order chi connectivity index (χ1) is 7.75. The van der Waals surface area contributed by atoms with E-state index in [1.165, 1.54) is 12.8 Å². The van der Waals surface area contributed by atoms with Crippen LogP contribution in [0.3, 0.4) is 0 Å². The lowest BCUT2D eigenvalue weighted by Gasteiger charge is -2.30. The summed E-state index contributed by atoms with van der Waals surface area (Å²) in [6.07, 6.45) is 3.93. The van der Waals surface area contributed by atoms with Crippen LogP contribution in [0.5, 0.6) is 0 Å². The van der Waals surface area contributed by atoms with E-state index in [0.717, 1.165) is 24.7 Å². The molecule has 0 spiro atoms. The van der Waals surface area contributed by atoms with E-state index in [9.17, 15) is 0 Å². The van der Waals surface area contributed by atoms with E-state index in [-0.39, 0.29) is 0 Å². The number of rotatable bonds is 2. The fourth-order valence-corrected chi connectivity index (χ4v) is 1.82. The first kappa shape index (κ1) is 11.0. The Morgan fingerprint density at radius 3 is 3.00 bits per heavy atom. The average Bonchev–Trinajstić information content (AvgIpc) is 2.80. The summed E-state index contributed by atoms with van der Waals surface area (Å²) in [7, 11) is 0. The number of aromatic nitrogens is 1. The van der Waals surface area contributed by atoms with Gasteiger partial charge in [-0.05, 0) is 18.8 Å². The largest absolute Gasteiger partial charge is 0.370 e. The van der Waals surface area contributed by atoms with Gasteiger partial charge in [-0.1, -0.05) is 12.1 Å². The quantitative estimate of drug-likeness (QED) is 0.603. The van der Waals surface area contributed by atoms with Gasteiger partial charge in [0.15, 0.2) is 5.96 Å². The van der Waals surface area contributed by atoms with Crippen molar-refractivity contribution in [2.24, 2.45) is 16.6 Å². The number of piperidine rings is 1. The molecular formula is C11H18N4O. The summed E-state index contributed by atoms with van der Waals surface area (Å²) < 4.78 is 4.73. The minimum absolute atomic E-state index is 0.494. The topological polar surface area (TPSA) is 67.7 Å². The number of nitrogens with zero attached hydrogens (tertiary/aromatic N) is 3. The van der Waals surface area contributed by atoms with Crippen molar-refractivity contribution in [1.29, 1.82) is 0 Å². The molecule has 2 N–H and O–H groups in total. The van der Waals surface area contributed by atoms with Crippen molar-refractivity contribution in [3.8, 4) is 0 Å². The van der Waals surface area contributed by atoms with E-state index in [0.29, 0.717) is 12.5 Å².